The lowest BCUT2D eigenvalue weighted by Gasteiger charge is -2.20. The van der Waals surface area contributed by atoms with Crippen LogP contribution in [0.1, 0.15) is 36.7 Å². The van der Waals surface area contributed by atoms with Gasteiger partial charge in [-0.25, -0.2) is 20.1 Å². The van der Waals surface area contributed by atoms with E-state index in [1.807, 2.05) is 12.1 Å². The molecule has 3 aromatic rings. The summed E-state index contributed by atoms with van der Waals surface area (Å²) in [6.07, 6.45) is -1.44. The van der Waals surface area contributed by atoms with E-state index in [1.54, 1.807) is 0 Å². The number of aromatic nitrogens is 4. The highest BCUT2D eigenvalue weighted by Gasteiger charge is 2.47. The van der Waals surface area contributed by atoms with E-state index in [-0.39, 0.29) is 6.04 Å². The Kier molecular flexibility index (Phi) is 5.55. The van der Waals surface area contributed by atoms with Gasteiger partial charge in [0.25, 0.3) is 0 Å². The van der Waals surface area contributed by atoms with Crippen LogP contribution in [0.15, 0.2) is 36.9 Å². The topological polar surface area (TPSA) is 175 Å². The summed E-state index contributed by atoms with van der Waals surface area (Å²) in [5.74, 6) is 0.538. The molecule has 1 aromatic carbocycles. The maximum absolute atomic E-state index is 11.2. The summed E-state index contributed by atoms with van der Waals surface area (Å²) in [5, 5.41) is 29.4. The first kappa shape index (κ1) is 22.1. The molecule has 13 heteroatoms. The van der Waals surface area contributed by atoms with Crippen molar-refractivity contribution in [2.75, 3.05) is 5.32 Å². The monoisotopic (exact) mass is 476 g/mol. The summed E-state index contributed by atoms with van der Waals surface area (Å²) in [4.78, 5) is 13.0. The molecular formula is C20H24N6O6S. The minimum atomic E-state index is -4.27. The number of ether oxygens (including phenoxy) is 1. The van der Waals surface area contributed by atoms with Gasteiger partial charge < -0.3 is 20.3 Å². The number of anilines is 1. The molecule has 0 amide bonds. The van der Waals surface area contributed by atoms with Gasteiger partial charge in [-0.15, -0.1) is 0 Å². The van der Waals surface area contributed by atoms with Crippen molar-refractivity contribution >= 4 is 27.3 Å². The zero-order valence-corrected chi connectivity index (χ0v) is 18.5. The first-order valence-corrected chi connectivity index (χ1v) is 11.9. The van der Waals surface area contributed by atoms with Gasteiger partial charge in [0.05, 0.1) is 12.4 Å². The van der Waals surface area contributed by atoms with Crippen LogP contribution in [0, 0.1) is 0 Å². The van der Waals surface area contributed by atoms with Crippen LogP contribution >= 0.6 is 0 Å². The molecule has 0 spiro atoms. The van der Waals surface area contributed by atoms with Gasteiger partial charge >= 0.3 is 10.3 Å². The molecule has 176 valence electrons. The van der Waals surface area contributed by atoms with E-state index >= 15 is 0 Å². The predicted molar refractivity (Wildman–Crippen MR) is 116 cm³/mol. The number of imidazole rings is 1. The highest BCUT2D eigenvalue weighted by molar-refractivity contribution is 7.84. The molecule has 0 bridgehead atoms. The molecule has 1 saturated heterocycles. The van der Waals surface area contributed by atoms with Gasteiger partial charge in [0, 0.05) is 0 Å². The number of hydrogen-bond acceptors (Lipinski definition) is 10. The highest BCUT2D eigenvalue weighted by atomic mass is 32.2. The van der Waals surface area contributed by atoms with E-state index in [2.05, 4.69) is 32.4 Å². The van der Waals surface area contributed by atoms with Crippen molar-refractivity contribution in [3.63, 3.8) is 0 Å². The second kappa shape index (κ2) is 8.27. The largest absolute Gasteiger partial charge is 0.387 e. The average Bonchev–Trinajstić information content (AvgIpc) is 3.45. The number of aliphatic hydroxyl groups excluding tert-OH is 2. The lowest BCUT2D eigenvalue weighted by Crippen LogP contribution is -2.40. The van der Waals surface area contributed by atoms with Crippen LogP contribution in [0.3, 0.4) is 0 Å². The Bertz CT molecular complexity index is 1280. The summed E-state index contributed by atoms with van der Waals surface area (Å²) in [6, 6.07) is 8.31. The molecule has 5 rings (SSSR count). The Labute approximate surface area is 189 Å². The van der Waals surface area contributed by atoms with Gasteiger partial charge in [0.2, 0.25) is 0 Å². The number of aliphatic hydroxyl groups is 2. The Hall–Kier alpha value is -2.68. The van der Waals surface area contributed by atoms with Gasteiger partial charge in [-0.05, 0) is 30.9 Å². The summed E-state index contributed by atoms with van der Waals surface area (Å²) in [5.41, 5.74) is 3.37. The summed E-state index contributed by atoms with van der Waals surface area (Å²) < 4.78 is 34.4. The minimum Gasteiger partial charge on any atom is -0.387 e. The van der Waals surface area contributed by atoms with Crippen LogP contribution in [0.5, 0.6) is 0 Å². The molecule has 6 atom stereocenters. The fraction of sp³-hybridized carbons (Fsp3) is 0.450. The molecule has 0 saturated carbocycles. The molecule has 5 N–H and O–H groups in total. The number of hydrogen-bond donors (Lipinski definition) is 4. The van der Waals surface area contributed by atoms with Crippen molar-refractivity contribution in [1.29, 1.82) is 0 Å². The van der Waals surface area contributed by atoms with Crippen LogP contribution in [-0.4, -0.2) is 62.6 Å². The van der Waals surface area contributed by atoms with Gasteiger partial charge in [-0.3, -0.25) is 8.75 Å². The number of nitrogens with two attached hydrogens (primary N) is 1. The number of fused-ring (bicyclic) bond motifs is 2. The smallest absolute Gasteiger partial charge is 0.333 e. The van der Waals surface area contributed by atoms with Gasteiger partial charge in [0.1, 0.15) is 30.7 Å². The number of aryl methyl sites for hydroxylation is 1. The van der Waals surface area contributed by atoms with Crippen molar-refractivity contribution < 1.29 is 27.6 Å². The van der Waals surface area contributed by atoms with Gasteiger partial charge in [-0.2, -0.15) is 8.42 Å². The fourth-order valence-corrected chi connectivity index (χ4v) is 5.12. The highest BCUT2D eigenvalue weighted by Crippen LogP contribution is 2.36. The van der Waals surface area contributed by atoms with E-state index in [1.165, 1.54) is 35.3 Å². The summed E-state index contributed by atoms with van der Waals surface area (Å²) in [6.45, 7) is 1.38. The van der Waals surface area contributed by atoms with Crippen LogP contribution in [0.25, 0.3) is 11.2 Å². The maximum atomic E-state index is 11.2. The van der Waals surface area contributed by atoms with E-state index in [9.17, 15) is 18.6 Å². The Balaban J connectivity index is 1.41. The van der Waals surface area contributed by atoms with E-state index in [0.717, 1.165) is 12.8 Å². The first-order valence-electron chi connectivity index (χ1n) is 10.5. The Morgan fingerprint density at radius 3 is 2.82 bits per heavy atom. The van der Waals surface area contributed by atoms with Crippen molar-refractivity contribution in [2.24, 2.45) is 5.14 Å². The number of rotatable bonds is 6. The third-order valence-electron chi connectivity index (χ3n) is 6.10. The Morgan fingerprint density at radius 1 is 1.24 bits per heavy atom. The van der Waals surface area contributed by atoms with Gasteiger partial charge in [-0.1, -0.05) is 24.3 Å². The van der Waals surface area contributed by atoms with E-state index in [0.29, 0.717) is 17.0 Å². The van der Waals surface area contributed by atoms with E-state index in [4.69, 9.17) is 14.1 Å². The van der Waals surface area contributed by atoms with Crippen molar-refractivity contribution in [2.45, 2.75) is 56.5 Å². The van der Waals surface area contributed by atoms with Crippen LogP contribution in [0.4, 0.5) is 5.82 Å². The van der Waals surface area contributed by atoms with Crippen molar-refractivity contribution in [3.05, 3.63) is 48.0 Å². The third kappa shape index (κ3) is 4.07. The molecule has 0 radical (unpaired) electrons. The molecule has 2 unspecified atom stereocenters. The third-order valence-corrected chi connectivity index (χ3v) is 6.67. The van der Waals surface area contributed by atoms with Crippen LogP contribution < -0.4 is 10.5 Å². The standard InChI is InChI=1S/C20H24N6O6S/c1-10(32-33(21,29)30)17-15(27)16(28)20(31-17)26-9-24-14-18(22-8-23-19(14)26)25-13-7-6-11-4-2-3-5-12(11)13/h2-5,8-10,13,15-17,20,27-28H,6-7H2,1H3,(H2,21,29,30)(H,22,23,25)/t10?,13-,15-,16+,17?,20+/m0/s1. The van der Waals surface area contributed by atoms with E-state index < -0.39 is 40.9 Å². The molecule has 1 fully saturated rings. The molecule has 2 aliphatic rings. The van der Waals surface area contributed by atoms with Crippen LogP contribution in [-0.2, 0) is 25.6 Å². The molecule has 1 aliphatic carbocycles. The molecule has 1 aliphatic heterocycles. The quantitative estimate of drug-likeness (QED) is 0.383. The summed E-state index contributed by atoms with van der Waals surface area (Å²) >= 11 is 0. The van der Waals surface area contributed by atoms with Gasteiger partial charge in [0.15, 0.2) is 23.2 Å². The second-order valence-corrected chi connectivity index (χ2v) is 9.43. The van der Waals surface area contributed by atoms with Crippen molar-refractivity contribution in [3.8, 4) is 0 Å². The molecule has 12 nitrogen and oxygen atoms in total. The summed E-state index contributed by atoms with van der Waals surface area (Å²) in [7, 11) is -4.27. The second-order valence-electron chi connectivity index (χ2n) is 8.25. The van der Waals surface area contributed by atoms with Crippen LogP contribution in [0.2, 0.25) is 0 Å². The molecular weight excluding hydrogens is 452 g/mol. The zero-order valence-electron chi connectivity index (χ0n) is 17.6. The fourth-order valence-electron chi connectivity index (χ4n) is 4.59. The number of nitrogens with zero attached hydrogens (tertiary/aromatic N) is 4. The first-order chi connectivity index (χ1) is 15.7. The normalized spacial score (nSPS) is 28.2. The number of nitrogens with one attached hydrogen (secondary N) is 1. The molecule has 2 aromatic heterocycles. The lowest BCUT2D eigenvalue weighted by atomic mass is 10.1. The number of benzene rings is 1. The molecule has 33 heavy (non-hydrogen) atoms. The molecule has 3 heterocycles. The zero-order chi connectivity index (χ0) is 23.3. The SMILES string of the molecule is CC(OS(N)(=O)=O)C1O[C@@H](n2cnc3c(N[C@H]4CCc5ccccc54)ncnc32)[C@H](O)[C@@H]1O. The lowest BCUT2D eigenvalue weighted by molar-refractivity contribution is -0.0694. The maximum Gasteiger partial charge on any atom is 0.333 e. The minimum absolute atomic E-state index is 0.0835. The average molecular weight is 477 g/mol. The predicted octanol–water partition coefficient (Wildman–Crippen LogP) is 0.154. The Morgan fingerprint density at radius 2 is 2.03 bits per heavy atom. The van der Waals surface area contributed by atoms with Crippen molar-refractivity contribution in [1.82, 2.24) is 19.5 Å².